The fourth-order valence-electron chi connectivity index (χ4n) is 5.63. The van der Waals surface area contributed by atoms with Crippen LogP contribution in [0.4, 0.5) is 0 Å². The van der Waals surface area contributed by atoms with Gasteiger partial charge >= 0.3 is 5.63 Å². The first-order valence-corrected chi connectivity index (χ1v) is 10.2. The van der Waals surface area contributed by atoms with E-state index >= 15 is 0 Å². The number of aliphatic hydroxyl groups is 1. The minimum atomic E-state index is -0.485. The smallest absolute Gasteiger partial charge is 0.336 e. The van der Waals surface area contributed by atoms with Gasteiger partial charge in [-0.25, -0.2) is 4.79 Å². The normalized spacial score (nSPS) is 31.3. The second-order valence-electron chi connectivity index (χ2n) is 9.42. The summed E-state index contributed by atoms with van der Waals surface area (Å²) in [5.74, 6) is 0.561. The fourth-order valence-corrected chi connectivity index (χ4v) is 5.63. The number of allylic oxidation sites excluding steroid dienone is 1. The standard InChI is InChI=1S/C24H28O5/c1-14-11-18(25)22-23(2,3)20(26)9-10-24(22,4)17(14)13-28-16-7-5-15-6-8-21(27)29-19(15)12-16/h5-8,11-12,17,20,22,26H,9-10,13H2,1-4H3/t17-,20+,22+,24-/m0/s1. The highest BCUT2D eigenvalue weighted by Crippen LogP contribution is 2.58. The van der Waals surface area contributed by atoms with Gasteiger partial charge in [0, 0.05) is 34.8 Å². The van der Waals surface area contributed by atoms with Gasteiger partial charge in [0.1, 0.15) is 11.3 Å². The van der Waals surface area contributed by atoms with Gasteiger partial charge in [0.2, 0.25) is 0 Å². The molecule has 0 aliphatic heterocycles. The molecular weight excluding hydrogens is 368 g/mol. The number of ketones is 1. The number of carbonyl (C=O) groups is 1. The summed E-state index contributed by atoms with van der Waals surface area (Å²) < 4.78 is 11.4. The zero-order valence-electron chi connectivity index (χ0n) is 17.4. The molecule has 0 unspecified atom stereocenters. The lowest BCUT2D eigenvalue weighted by atomic mass is 9.47. The van der Waals surface area contributed by atoms with Crippen LogP contribution in [0.15, 0.2) is 51.2 Å². The number of ether oxygens (including phenoxy) is 1. The molecule has 2 aliphatic carbocycles. The Morgan fingerprint density at radius 2 is 1.90 bits per heavy atom. The van der Waals surface area contributed by atoms with Gasteiger partial charge < -0.3 is 14.3 Å². The van der Waals surface area contributed by atoms with Crippen LogP contribution in [0.25, 0.3) is 11.0 Å². The van der Waals surface area contributed by atoms with Gasteiger partial charge in [-0.05, 0) is 49.5 Å². The van der Waals surface area contributed by atoms with Crippen molar-refractivity contribution in [3.63, 3.8) is 0 Å². The topological polar surface area (TPSA) is 76.7 Å². The molecule has 2 aliphatic rings. The van der Waals surface area contributed by atoms with Gasteiger partial charge in [0.25, 0.3) is 0 Å². The van der Waals surface area contributed by atoms with Crippen LogP contribution in [0, 0.1) is 22.7 Å². The summed E-state index contributed by atoms with van der Waals surface area (Å²) in [4.78, 5) is 24.4. The van der Waals surface area contributed by atoms with Crippen molar-refractivity contribution in [3.8, 4) is 5.75 Å². The summed E-state index contributed by atoms with van der Waals surface area (Å²) in [5.41, 5.74) is 0.367. The van der Waals surface area contributed by atoms with Crippen molar-refractivity contribution in [1.82, 2.24) is 0 Å². The van der Waals surface area contributed by atoms with Gasteiger partial charge in [-0.1, -0.05) is 26.3 Å². The van der Waals surface area contributed by atoms with Crippen LogP contribution in [0.5, 0.6) is 5.75 Å². The van der Waals surface area contributed by atoms with E-state index in [4.69, 9.17) is 9.15 Å². The van der Waals surface area contributed by atoms with E-state index in [1.165, 1.54) is 6.07 Å². The third-order valence-electron chi connectivity index (χ3n) is 7.23. The van der Waals surface area contributed by atoms with Crippen molar-refractivity contribution >= 4 is 16.8 Å². The Labute approximate surface area is 170 Å². The summed E-state index contributed by atoms with van der Waals surface area (Å²) >= 11 is 0. The lowest BCUT2D eigenvalue weighted by Gasteiger charge is -2.57. The van der Waals surface area contributed by atoms with Crippen LogP contribution in [-0.4, -0.2) is 23.6 Å². The number of fused-ring (bicyclic) bond motifs is 2. The Morgan fingerprint density at radius 3 is 2.66 bits per heavy atom. The molecule has 1 N–H and O–H groups in total. The maximum atomic E-state index is 12.9. The predicted octanol–water partition coefficient (Wildman–Crippen LogP) is 4.12. The molecule has 1 heterocycles. The summed E-state index contributed by atoms with van der Waals surface area (Å²) in [5, 5.41) is 11.4. The quantitative estimate of drug-likeness (QED) is 0.790. The minimum Gasteiger partial charge on any atom is -0.493 e. The van der Waals surface area contributed by atoms with Crippen molar-refractivity contribution in [2.75, 3.05) is 6.61 Å². The van der Waals surface area contributed by atoms with Crippen LogP contribution >= 0.6 is 0 Å². The van der Waals surface area contributed by atoms with Crippen molar-refractivity contribution in [3.05, 3.63) is 52.4 Å². The zero-order valence-corrected chi connectivity index (χ0v) is 17.4. The predicted molar refractivity (Wildman–Crippen MR) is 111 cm³/mol. The zero-order chi connectivity index (χ0) is 21.0. The number of benzene rings is 1. The van der Waals surface area contributed by atoms with Crippen LogP contribution in [-0.2, 0) is 4.79 Å². The molecule has 4 rings (SSSR count). The lowest BCUT2D eigenvalue weighted by Crippen LogP contribution is -2.58. The van der Waals surface area contributed by atoms with Crippen LogP contribution in [0.1, 0.15) is 40.5 Å². The Hall–Kier alpha value is -2.40. The molecule has 0 amide bonds. The molecule has 0 bridgehead atoms. The highest BCUT2D eigenvalue weighted by atomic mass is 16.5. The van der Waals surface area contributed by atoms with E-state index in [-0.39, 0.29) is 23.0 Å². The highest BCUT2D eigenvalue weighted by molar-refractivity contribution is 5.95. The maximum Gasteiger partial charge on any atom is 0.336 e. The van der Waals surface area contributed by atoms with Crippen molar-refractivity contribution in [1.29, 1.82) is 0 Å². The number of rotatable bonds is 3. The van der Waals surface area contributed by atoms with E-state index in [2.05, 4.69) is 6.92 Å². The summed E-state index contributed by atoms with van der Waals surface area (Å²) in [6.45, 7) is 8.57. The second kappa shape index (κ2) is 6.84. The molecule has 5 heteroatoms. The maximum absolute atomic E-state index is 12.9. The lowest BCUT2D eigenvalue weighted by molar-refractivity contribution is -0.152. The fraction of sp³-hybridized carbons (Fsp3) is 0.500. The molecular formula is C24H28O5. The summed E-state index contributed by atoms with van der Waals surface area (Å²) in [6, 6.07) is 8.59. The van der Waals surface area contributed by atoms with Gasteiger partial charge in [0.05, 0.1) is 12.7 Å². The molecule has 1 aromatic carbocycles. The Balaban J connectivity index is 1.63. The highest BCUT2D eigenvalue weighted by Gasteiger charge is 2.58. The van der Waals surface area contributed by atoms with Gasteiger partial charge in [-0.2, -0.15) is 0 Å². The number of hydrogen-bond donors (Lipinski definition) is 1. The van der Waals surface area contributed by atoms with Crippen LogP contribution in [0.3, 0.4) is 0 Å². The molecule has 29 heavy (non-hydrogen) atoms. The molecule has 0 saturated heterocycles. The largest absolute Gasteiger partial charge is 0.493 e. The van der Waals surface area contributed by atoms with E-state index in [0.717, 1.165) is 17.4 Å². The molecule has 0 spiro atoms. The molecule has 4 atom stereocenters. The third-order valence-corrected chi connectivity index (χ3v) is 7.23. The molecule has 5 nitrogen and oxygen atoms in total. The summed E-state index contributed by atoms with van der Waals surface area (Å²) in [6.07, 6.45) is 2.71. The Morgan fingerprint density at radius 1 is 1.17 bits per heavy atom. The van der Waals surface area contributed by atoms with Gasteiger partial charge in [0.15, 0.2) is 5.78 Å². The molecule has 0 radical (unpaired) electrons. The van der Waals surface area contributed by atoms with E-state index in [1.54, 1.807) is 18.2 Å². The Bertz CT molecular complexity index is 1050. The average Bonchev–Trinajstić information content (AvgIpc) is 2.64. The van der Waals surface area contributed by atoms with Gasteiger partial charge in [-0.3, -0.25) is 4.79 Å². The molecule has 1 fully saturated rings. The monoisotopic (exact) mass is 396 g/mol. The van der Waals surface area contributed by atoms with Crippen LogP contribution < -0.4 is 10.4 Å². The van der Waals surface area contributed by atoms with Gasteiger partial charge in [-0.15, -0.1) is 0 Å². The average molecular weight is 396 g/mol. The molecule has 1 aromatic heterocycles. The number of hydrogen-bond acceptors (Lipinski definition) is 5. The Kier molecular flexibility index (Phi) is 4.69. The first-order valence-electron chi connectivity index (χ1n) is 10.2. The third kappa shape index (κ3) is 3.21. The second-order valence-corrected chi connectivity index (χ2v) is 9.42. The SMILES string of the molecule is CC1=CC(=O)[C@@H]2C(C)(C)[C@H](O)CC[C@@]2(C)[C@H]1COc1ccc2ccc(=O)oc2c1. The van der Waals surface area contributed by atoms with Crippen molar-refractivity contribution in [2.24, 2.45) is 22.7 Å². The number of carbonyl (C=O) groups excluding carboxylic acids is 1. The molecule has 154 valence electrons. The van der Waals surface area contributed by atoms with Crippen molar-refractivity contribution in [2.45, 2.75) is 46.6 Å². The van der Waals surface area contributed by atoms with E-state index in [1.807, 2.05) is 32.9 Å². The molecule has 2 aromatic rings. The van der Waals surface area contributed by atoms with E-state index < -0.39 is 17.1 Å². The van der Waals surface area contributed by atoms with Crippen LogP contribution in [0.2, 0.25) is 0 Å². The minimum absolute atomic E-state index is 0.0652. The summed E-state index contributed by atoms with van der Waals surface area (Å²) in [7, 11) is 0. The first-order chi connectivity index (χ1) is 13.6. The van der Waals surface area contributed by atoms with E-state index in [9.17, 15) is 14.7 Å². The van der Waals surface area contributed by atoms with E-state index in [0.29, 0.717) is 24.4 Å². The van der Waals surface area contributed by atoms with Crippen molar-refractivity contribution < 1.29 is 19.1 Å². The first kappa shape index (κ1) is 19.9. The number of aliphatic hydroxyl groups excluding tert-OH is 1. The molecule has 1 saturated carbocycles.